The molecule has 6 heteroatoms. The molecular weight excluding hydrogens is 220 g/mol. The summed E-state index contributed by atoms with van der Waals surface area (Å²) < 4.78 is 0. The van der Waals surface area contributed by atoms with E-state index in [-0.39, 0.29) is 18.5 Å². The fraction of sp³-hybridized carbons (Fsp3) is 0.364. The van der Waals surface area contributed by atoms with Crippen LogP contribution in [-0.2, 0) is 4.79 Å². The zero-order chi connectivity index (χ0) is 12.6. The van der Waals surface area contributed by atoms with Crippen LogP contribution in [0, 0.1) is 0 Å². The van der Waals surface area contributed by atoms with Gasteiger partial charge in [0.05, 0.1) is 11.9 Å². The largest absolute Gasteiger partial charge is 0.332 e. The second kappa shape index (κ2) is 3.81. The van der Waals surface area contributed by atoms with Gasteiger partial charge >= 0.3 is 6.03 Å². The van der Waals surface area contributed by atoms with Crippen molar-refractivity contribution in [1.29, 1.82) is 0 Å². The van der Waals surface area contributed by atoms with E-state index in [1.54, 1.807) is 32.3 Å². The van der Waals surface area contributed by atoms with Crippen LogP contribution in [0.2, 0.25) is 0 Å². The molecule has 90 valence electrons. The molecule has 1 atom stereocenters. The Labute approximate surface area is 99.0 Å². The minimum atomic E-state index is -0.979. The number of carbonyl (C=O) groups is 2. The number of nitrogens with two attached hydrogens (primary N) is 1. The lowest BCUT2D eigenvalue weighted by Gasteiger charge is -2.26. The molecule has 1 saturated heterocycles. The number of urea groups is 1. The molecule has 2 heterocycles. The SMILES string of the molecule is CN1C(=O)N(c2cccnc2)C(=O)C1(C)CN. The molecule has 3 amide bonds. The molecule has 0 spiro atoms. The number of amides is 3. The van der Waals surface area contributed by atoms with E-state index < -0.39 is 5.54 Å². The highest BCUT2D eigenvalue weighted by atomic mass is 16.2. The molecule has 2 N–H and O–H groups in total. The summed E-state index contributed by atoms with van der Waals surface area (Å²) in [7, 11) is 1.57. The van der Waals surface area contributed by atoms with Gasteiger partial charge in [-0.3, -0.25) is 9.78 Å². The number of nitrogens with zero attached hydrogens (tertiary/aromatic N) is 3. The van der Waals surface area contributed by atoms with Gasteiger partial charge in [-0.1, -0.05) is 0 Å². The number of hydrogen-bond donors (Lipinski definition) is 1. The Bertz CT molecular complexity index is 462. The van der Waals surface area contributed by atoms with Crippen molar-refractivity contribution in [2.75, 3.05) is 18.5 Å². The lowest BCUT2D eigenvalue weighted by molar-refractivity contribution is -0.123. The van der Waals surface area contributed by atoms with Crippen molar-refractivity contribution < 1.29 is 9.59 Å². The van der Waals surface area contributed by atoms with Crippen LogP contribution >= 0.6 is 0 Å². The minimum absolute atomic E-state index is 0.0881. The summed E-state index contributed by atoms with van der Waals surface area (Å²) in [5.74, 6) is -0.319. The van der Waals surface area contributed by atoms with Gasteiger partial charge in [-0.2, -0.15) is 0 Å². The van der Waals surface area contributed by atoms with Gasteiger partial charge in [-0.25, -0.2) is 9.69 Å². The van der Waals surface area contributed by atoms with Crippen LogP contribution in [0.15, 0.2) is 24.5 Å². The van der Waals surface area contributed by atoms with Gasteiger partial charge in [0, 0.05) is 19.8 Å². The summed E-state index contributed by atoms with van der Waals surface area (Å²) in [4.78, 5) is 30.6. The predicted octanol–water partition coefficient (Wildman–Crippen LogP) is 0.197. The topological polar surface area (TPSA) is 79.5 Å². The third kappa shape index (κ3) is 1.49. The first-order valence-electron chi connectivity index (χ1n) is 5.25. The molecule has 6 nitrogen and oxygen atoms in total. The molecule has 0 aliphatic carbocycles. The monoisotopic (exact) mass is 234 g/mol. The lowest BCUT2D eigenvalue weighted by atomic mass is 10.0. The van der Waals surface area contributed by atoms with Crippen LogP contribution in [0.4, 0.5) is 10.5 Å². The fourth-order valence-electron chi connectivity index (χ4n) is 1.77. The number of rotatable bonds is 2. The first-order chi connectivity index (χ1) is 8.02. The number of pyridine rings is 1. The Kier molecular flexibility index (Phi) is 2.59. The standard InChI is InChI=1S/C11H14N4O2/c1-11(7-12)9(16)15(10(17)14(11)2)8-4-3-5-13-6-8/h3-6H,7,12H2,1-2H3. The molecule has 0 saturated carbocycles. The number of imide groups is 1. The molecular formula is C11H14N4O2. The highest BCUT2D eigenvalue weighted by Gasteiger charge is 2.52. The van der Waals surface area contributed by atoms with Crippen LogP contribution < -0.4 is 10.6 Å². The lowest BCUT2D eigenvalue weighted by Crippen LogP contribution is -2.51. The Morgan fingerprint density at radius 1 is 1.47 bits per heavy atom. The van der Waals surface area contributed by atoms with E-state index in [0.717, 1.165) is 4.90 Å². The van der Waals surface area contributed by atoms with Gasteiger partial charge in [0.25, 0.3) is 5.91 Å². The third-order valence-electron chi connectivity index (χ3n) is 3.18. The first kappa shape index (κ1) is 11.5. The number of hydrogen-bond acceptors (Lipinski definition) is 4. The highest BCUT2D eigenvalue weighted by molar-refractivity contribution is 6.23. The van der Waals surface area contributed by atoms with E-state index in [0.29, 0.717) is 5.69 Å². The van der Waals surface area contributed by atoms with Gasteiger partial charge in [0.2, 0.25) is 0 Å². The van der Waals surface area contributed by atoms with Gasteiger partial charge in [0.15, 0.2) is 0 Å². The zero-order valence-electron chi connectivity index (χ0n) is 9.75. The zero-order valence-corrected chi connectivity index (χ0v) is 9.75. The van der Waals surface area contributed by atoms with Crippen LogP contribution in [-0.4, -0.2) is 41.0 Å². The van der Waals surface area contributed by atoms with Gasteiger partial charge in [-0.05, 0) is 19.1 Å². The van der Waals surface area contributed by atoms with E-state index in [1.807, 2.05) is 0 Å². The Morgan fingerprint density at radius 2 is 2.18 bits per heavy atom. The average molecular weight is 234 g/mol. The van der Waals surface area contributed by atoms with E-state index in [1.165, 1.54) is 11.1 Å². The quantitative estimate of drug-likeness (QED) is 0.741. The maximum absolute atomic E-state index is 12.2. The summed E-state index contributed by atoms with van der Waals surface area (Å²) >= 11 is 0. The average Bonchev–Trinajstić information content (AvgIpc) is 2.53. The molecule has 1 aromatic rings. The summed E-state index contributed by atoms with van der Waals surface area (Å²) in [6.07, 6.45) is 3.06. The Hall–Kier alpha value is -1.95. The predicted molar refractivity (Wildman–Crippen MR) is 62.3 cm³/mol. The first-order valence-corrected chi connectivity index (χ1v) is 5.25. The van der Waals surface area contributed by atoms with Crippen molar-refractivity contribution in [3.63, 3.8) is 0 Å². The van der Waals surface area contributed by atoms with Crippen molar-refractivity contribution in [3.8, 4) is 0 Å². The molecule has 0 bridgehead atoms. The van der Waals surface area contributed by atoms with Crippen molar-refractivity contribution >= 4 is 17.6 Å². The molecule has 17 heavy (non-hydrogen) atoms. The van der Waals surface area contributed by atoms with E-state index >= 15 is 0 Å². The van der Waals surface area contributed by atoms with E-state index in [4.69, 9.17) is 5.73 Å². The summed E-state index contributed by atoms with van der Waals surface area (Å²) in [5.41, 5.74) is 5.08. The van der Waals surface area contributed by atoms with Gasteiger partial charge in [0.1, 0.15) is 5.54 Å². The van der Waals surface area contributed by atoms with Crippen molar-refractivity contribution in [2.45, 2.75) is 12.5 Å². The smallest absolute Gasteiger partial charge is 0.328 e. The minimum Gasteiger partial charge on any atom is -0.328 e. The molecule has 0 aromatic carbocycles. The number of carbonyl (C=O) groups excluding carboxylic acids is 2. The number of aromatic nitrogens is 1. The van der Waals surface area contributed by atoms with Crippen LogP contribution in [0.5, 0.6) is 0 Å². The molecule has 0 radical (unpaired) electrons. The molecule has 2 rings (SSSR count). The molecule has 1 unspecified atom stereocenters. The van der Waals surface area contributed by atoms with Crippen molar-refractivity contribution in [3.05, 3.63) is 24.5 Å². The normalized spacial score (nSPS) is 24.6. The number of likely N-dealkylation sites (N-methyl/N-ethyl adjacent to an activating group) is 1. The number of anilines is 1. The second-order valence-corrected chi connectivity index (χ2v) is 4.17. The molecule has 1 aromatic heterocycles. The van der Waals surface area contributed by atoms with Gasteiger partial charge in [-0.15, -0.1) is 0 Å². The highest BCUT2D eigenvalue weighted by Crippen LogP contribution is 2.29. The maximum atomic E-state index is 12.2. The molecule has 1 aliphatic rings. The van der Waals surface area contributed by atoms with Crippen LogP contribution in [0.3, 0.4) is 0 Å². The third-order valence-corrected chi connectivity index (χ3v) is 3.18. The van der Waals surface area contributed by atoms with Gasteiger partial charge < -0.3 is 10.6 Å². The van der Waals surface area contributed by atoms with E-state index in [2.05, 4.69) is 4.98 Å². The summed E-state index contributed by atoms with van der Waals surface area (Å²) in [5, 5.41) is 0. The summed E-state index contributed by atoms with van der Waals surface area (Å²) in [6, 6.07) is 2.96. The fourth-order valence-corrected chi connectivity index (χ4v) is 1.77. The van der Waals surface area contributed by atoms with Crippen LogP contribution in [0.25, 0.3) is 0 Å². The Morgan fingerprint density at radius 3 is 2.65 bits per heavy atom. The van der Waals surface area contributed by atoms with Crippen molar-refractivity contribution in [2.24, 2.45) is 5.73 Å². The molecule has 1 fully saturated rings. The second-order valence-electron chi connectivity index (χ2n) is 4.17. The Balaban J connectivity index is 2.45. The maximum Gasteiger partial charge on any atom is 0.332 e. The van der Waals surface area contributed by atoms with Crippen molar-refractivity contribution in [1.82, 2.24) is 9.88 Å². The summed E-state index contributed by atoms with van der Waals surface area (Å²) in [6.45, 7) is 1.74. The van der Waals surface area contributed by atoms with E-state index in [9.17, 15) is 9.59 Å². The van der Waals surface area contributed by atoms with Crippen LogP contribution in [0.1, 0.15) is 6.92 Å². The molecule has 1 aliphatic heterocycles.